The molecule has 0 aliphatic carbocycles. The van der Waals surface area contributed by atoms with Gasteiger partial charge in [-0.3, -0.25) is 4.84 Å². The average molecular weight is 314 g/mol. The molecule has 0 aromatic heterocycles. The van der Waals surface area contributed by atoms with Crippen LogP contribution in [0.1, 0.15) is 16.7 Å². The van der Waals surface area contributed by atoms with Crippen molar-refractivity contribution in [2.75, 3.05) is 14.2 Å². The molecule has 1 N–H and O–H groups in total. The van der Waals surface area contributed by atoms with Crippen molar-refractivity contribution in [3.8, 4) is 5.75 Å². The van der Waals surface area contributed by atoms with Crippen LogP contribution < -0.4 is 4.74 Å². The lowest BCUT2D eigenvalue weighted by Crippen LogP contribution is -2.27. The smallest absolute Gasteiger partial charge is 0.406 e. The van der Waals surface area contributed by atoms with Gasteiger partial charge in [-0.2, -0.15) is 0 Å². The van der Waals surface area contributed by atoms with Crippen molar-refractivity contribution in [2.45, 2.75) is 13.5 Å². The molecule has 5 heteroatoms. The van der Waals surface area contributed by atoms with Crippen molar-refractivity contribution in [2.24, 2.45) is 0 Å². The topological polar surface area (TPSA) is 58.8 Å². The van der Waals surface area contributed by atoms with Gasteiger partial charge in [-0.05, 0) is 29.4 Å². The third-order valence-electron chi connectivity index (χ3n) is 3.54. The second-order valence-corrected chi connectivity index (χ2v) is 5.05. The summed E-state index contributed by atoms with van der Waals surface area (Å²) in [6.07, 6.45) is 0. The highest BCUT2D eigenvalue weighted by molar-refractivity contribution is 6.40. The van der Waals surface area contributed by atoms with Gasteiger partial charge in [0, 0.05) is 5.56 Å². The normalized spacial score (nSPS) is 11.6. The predicted octanol–water partition coefficient (Wildman–Crippen LogP) is 2.65. The predicted molar refractivity (Wildman–Crippen MR) is 86.9 cm³/mol. The Morgan fingerprint density at radius 2 is 1.78 bits per heavy atom. The zero-order valence-corrected chi connectivity index (χ0v) is 13.4. The molecule has 0 aliphatic rings. The van der Waals surface area contributed by atoms with Gasteiger partial charge in [0.15, 0.2) is 7.05 Å². The average Bonchev–Trinajstić information content (AvgIpc) is 2.55. The van der Waals surface area contributed by atoms with Gasteiger partial charge < -0.3 is 9.84 Å². The van der Waals surface area contributed by atoms with Crippen molar-refractivity contribution < 1.29 is 24.2 Å². The highest BCUT2D eigenvalue weighted by Gasteiger charge is 2.27. The van der Waals surface area contributed by atoms with Crippen molar-refractivity contribution in [3.63, 3.8) is 0 Å². The second kappa shape index (κ2) is 7.45. The monoisotopic (exact) mass is 314 g/mol. The number of nitrogens with zero attached hydrogens (tertiary/aromatic N) is 1. The van der Waals surface area contributed by atoms with E-state index >= 15 is 0 Å². The number of para-hydroxylation sites is 1. The van der Waals surface area contributed by atoms with Gasteiger partial charge in [0.2, 0.25) is 0 Å². The van der Waals surface area contributed by atoms with Crippen molar-refractivity contribution in [1.82, 2.24) is 0 Å². The van der Waals surface area contributed by atoms with Crippen LogP contribution in [0.5, 0.6) is 5.75 Å². The number of benzene rings is 2. The molecule has 0 saturated carbocycles. The minimum Gasteiger partial charge on any atom is -0.489 e. The first-order valence-electron chi connectivity index (χ1n) is 7.19. The minimum absolute atomic E-state index is 0.0662. The molecule has 0 atom stereocenters. The molecule has 0 bridgehead atoms. The van der Waals surface area contributed by atoms with Crippen LogP contribution >= 0.6 is 0 Å². The first-order chi connectivity index (χ1) is 11.0. The first kappa shape index (κ1) is 16.5. The van der Waals surface area contributed by atoms with Crippen molar-refractivity contribution >= 4 is 11.7 Å². The lowest BCUT2D eigenvalue weighted by atomic mass is 10.0. The summed E-state index contributed by atoms with van der Waals surface area (Å²) in [6, 6.07) is 14.9. The summed E-state index contributed by atoms with van der Waals surface area (Å²) < 4.78 is 7.07. The molecule has 0 radical (unpaired) electrons. The molecule has 0 saturated heterocycles. The molecular weight excluding hydrogens is 294 g/mol. The van der Waals surface area contributed by atoms with E-state index in [0.717, 1.165) is 16.9 Å². The quantitative estimate of drug-likeness (QED) is 0.506. The molecule has 2 rings (SSSR count). The molecule has 0 aliphatic heterocycles. The number of hydrogen-bond acceptors (Lipinski definition) is 3. The molecule has 0 heterocycles. The molecule has 5 nitrogen and oxygen atoms in total. The number of hydrogen-bond donors (Lipinski definition) is 1. The summed E-state index contributed by atoms with van der Waals surface area (Å²) in [5, 5.41) is 9.48. The summed E-state index contributed by atoms with van der Waals surface area (Å²) in [5.41, 5.74) is 2.44. The van der Waals surface area contributed by atoms with Crippen LogP contribution in [0.25, 0.3) is 0 Å². The van der Waals surface area contributed by atoms with Crippen LogP contribution in [0.15, 0.2) is 48.5 Å². The first-order valence-corrected chi connectivity index (χ1v) is 7.19. The van der Waals surface area contributed by atoms with Gasteiger partial charge in [0.05, 0.1) is 5.56 Å². The fourth-order valence-electron chi connectivity index (χ4n) is 2.26. The molecule has 2 aromatic carbocycles. The van der Waals surface area contributed by atoms with E-state index in [0.29, 0.717) is 5.56 Å². The van der Waals surface area contributed by atoms with Gasteiger partial charge >= 0.3 is 11.7 Å². The zero-order valence-electron chi connectivity index (χ0n) is 13.4. The van der Waals surface area contributed by atoms with E-state index in [-0.39, 0.29) is 12.3 Å². The van der Waals surface area contributed by atoms with E-state index in [9.17, 15) is 9.90 Å². The molecule has 0 unspecified atom stereocenters. The summed E-state index contributed by atoms with van der Waals surface area (Å²) in [6.45, 7) is 2.24. The van der Waals surface area contributed by atoms with Crippen molar-refractivity contribution in [1.29, 1.82) is 0 Å². The molecule has 0 fully saturated rings. The number of aryl methyl sites for hydroxylation is 1. The van der Waals surface area contributed by atoms with Gasteiger partial charge in [-0.25, -0.2) is 4.79 Å². The van der Waals surface area contributed by atoms with E-state index in [4.69, 9.17) is 9.57 Å². The van der Waals surface area contributed by atoms with E-state index in [1.165, 1.54) is 11.8 Å². The summed E-state index contributed by atoms with van der Waals surface area (Å²) in [4.78, 5) is 16.6. The van der Waals surface area contributed by atoms with E-state index in [1.54, 1.807) is 19.2 Å². The summed E-state index contributed by atoms with van der Waals surface area (Å²) in [5.74, 6) is -0.281. The summed E-state index contributed by atoms with van der Waals surface area (Å²) in [7, 11) is 2.98. The lowest BCUT2D eigenvalue weighted by Gasteiger charge is -2.11. The zero-order chi connectivity index (χ0) is 16.8. The van der Waals surface area contributed by atoms with Gasteiger partial charge in [-0.1, -0.05) is 36.4 Å². The Morgan fingerprint density at radius 3 is 2.43 bits per heavy atom. The van der Waals surface area contributed by atoms with E-state index in [1.807, 2.05) is 43.3 Å². The largest absolute Gasteiger partial charge is 0.489 e. The minimum atomic E-state index is -1.06. The third kappa shape index (κ3) is 3.88. The van der Waals surface area contributed by atoms with Crippen molar-refractivity contribution in [3.05, 3.63) is 65.2 Å². The number of hydroxylamine groups is 1. The van der Waals surface area contributed by atoms with Crippen LogP contribution in [-0.4, -0.2) is 35.7 Å². The fraction of sp³-hybridized carbons (Fsp3) is 0.222. The number of rotatable bonds is 6. The highest BCUT2D eigenvalue weighted by atomic mass is 16.7. The number of carboxylic acid groups (broad SMARTS) is 1. The fourth-order valence-corrected chi connectivity index (χ4v) is 2.26. The Kier molecular flexibility index (Phi) is 5.36. The lowest BCUT2D eigenvalue weighted by molar-refractivity contribution is -0.759. The molecule has 0 amide bonds. The maximum absolute atomic E-state index is 11.6. The van der Waals surface area contributed by atoms with E-state index in [2.05, 4.69) is 0 Å². The maximum Gasteiger partial charge on any atom is 0.406 e. The Labute approximate surface area is 135 Å². The highest BCUT2D eigenvalue weighted by Crippen LogP contribution is 2.19. The van der Waals surface area contributed by atoms with Crippen LogP contribution in [-0.2, 0) is 16.2 Å². The molecule has 0 spiro atoms. The summed E-state index contributed by atoms with van der Waals surface area (Å²) >= 11 is 0. The SMILES string of the molecule is CO/[N+](C)=C(/C(=O)O)c1ccccc1COc1ccccc1C. The molecular formula is C18H20NO4+. The van der Waals surface area contributed by atoms with Crippen LogP contribution in [0, 0.1) is 6.92 Å². The maximum atomic E-state index is 11.6. The number of carboxylic acids is 1. The Balaban J connectivity index is 2.34. The van der Waals surface area contributed by atoms with Gasteiger partial charge in [-0.15, -0.1) is 0 Å². The number of carbonyl (C=O) groups is 1. The van der Waals surface area contributed by atoms with Crippen LogP contribution in [0.4, 0.5) is 0 Å². The van der Waals surface area contributed by atoms with Gasteiger partial charge in [0.1, 0.15) is 19.5 Å². The number of aliphatic carboxylic acids is 1. The standard InChI is InChI=1S/C18H19NO4/c1-13-8-4-7-11-16(13)23-12-14-9-5-6-10-15(14)17(18(20)21)19(2)22-3/h4-11H,12H2,1-3H3/p+1/b19-17+. The Hall–Kier alpha value is -2.82. The van der Waals surface area contributed by atoms with Crippen LogP contribution in [0.2, 0.25) is 0 Å². The number of ether oxygens (including phenoxy) is 1. The Bertz CT molecular complexity index is 737. The van der Waals surface area contributed by atoms with Crippen LogP contribution in [0.3, 0.4) is 0 Å². The third-order valence-corrected chi connectivity index (χ3v) is 3.54. The Morgan fingerprint density at radius 1 is 1.13 bits per heavy atom. The molecule has 2 aromatic rings. The van der Waals surface area contributed by atoms with E-state index < -0.39 is 5.97 Å². The van der Waals surface area contributed by atoms with Gasteiger partial charge in [0.25, 0.3) is 0 Å². The molecule has 23 heavy (non-hydrogen) atoms. The second-order valence-electron chi connectivity index (χ2n) is 5.05. The molecule has 120 valence electrons.